The van der Waals surface area contributed by atoms with Gasteiger partial charge in [0.2, 0.25) is 5.91 Å². The summed E-state index contributed by atoms with van der Waals surface area (Å²) in [5.41, 5.74) is 1.37. The van der Waals surface area contributed by atoms with Gasteiger partial charge in [-0.2, -0.15) is 0 Å². The molecular formula is C19H20ClFN2O2. The number of nitrogens with one attached hydrogen (secondary N) is 2. The van der Waals surface area contributed by atoms with Gasteiger partial charge in [0.1, 0.15) is 5.82 Å². The summed E-state index contributed by atoms with van der Waals surface area (Å²) in [6.07, 6.45) is 1.45. The van der Waals surface area contributed by atoms with Gasteiger partial charge in [0.15, 0.2) is 0 Å². The minimum atomic E-state index is -0.278. The largest absolute Gasteiger partial charge is 0.356 e. The number of carbonyl (C=O) groups is 2. The maximum absolute atomic E-state index is 13.0. The third-order valence-electron chi connectivity index (χ3n) is 3.60. The van der Waals surface area contributed by atoms with Gasteiger partial charge in [0, 0.05) is 30.1 Å². The Morgan fingerprint density at radius 3 is 2.48 bits per heavy atom. The molecular weight excluding hydrogens is 343 g/mol. The molecule has 0 fully saturated rings. The van der Waals surface area contributed by atoms with E-state index in [0.717, 1.165) is 5.56 Å². The lowest BCUT2D eigenvalue weighted by atomic mass is 10.1. The van der Waals surface area contributed by atoms with E-state index >= 15 is 0 Å². The normalized spacial score (nSPS) is 10.3. The van der Waals surface area contributed by atoms with E-state index in [1.165, 1.54) is 12.1 Å². The minimum Gasteiger partial charge on any atom is -0.356 e. The van der Waals surface area contributed by atoms with Gasteiger partial charge in [-0.25, -0.2) is 4.39 Å². The average Bonchev–Trinajstić information content (AvgIpc) is 2.59. The van der Waals surface area contributed by atoms with E-state index < -0.39 is 0 Å². The first-order valence-corrected chi connectivity index (χ1v) is 8.47. The van der Waals surface area contributed by atoms with Crippen molar-refractivity contribution in [2.24, 2.45) is 0 Å². The summed E-state index contributed by atoms with van der Waals surface area (Å²) in [6.45, 7) is 0.873. The molecule has 132 valence electrons. The fourth-order valence-corrected chi connectivity index (χ4v) is 2.41. The van der Waals surface area contributed by atoms with Gasteiger partial charge in [-0.1, -0.05) is 23.7 Å². The van der Waals surface area contributed by atoms with Crippen LogP contribution in [0.2, 0.25) is 5.02 Å². The zero-order valence-electron chi connectivity index (χ0n) is 13.7. The highest BCUT2D eigenvalue weighted by molar-refractivity contribution is 6.30. The Labute approximate surface area is 151 Å². The van der Waals surface area contributed by atoms with Crippen molar-refractivity contribution < 1.29 is 14.0 Å². The highest BCUT2D eigenvalue weighted by atomic mass is 35.5. The van der Waals surface area contributed by atoms with Gasteiger partial charge >= 0.3 is 0 Å². The Kier molecular flexibility index (Phi) is 7.41. The van der Waals surface area contributed by atoms with E-state index in [1.54, 1.807) is 30.3 Å². The first-order chi connectivity index (χ1) is 12.0. The Balaban J connectivity index is 1.59. The number of hydrogen-bond donors (Lipinski definition) is 2. The molecule has 2 aromatic carbocycles. The van der Waals surface area contributed by atoms with Crippen LogP contribution in [0.4, 0.5) is 4.39 Å². The van der Waals surface area contributed by atoms with Crippen LogP contribution >= 0.6 is 11.6 Å². The fraction of sp³-hybridized carbons (Fsp3) is 0.263. The molecule has 0 heterocycles. The van der Waals surface area contributed by atoms with E-state index in [4.69, 9.17) is 11.6 Å². The second-order valence-electron chi connectivity index (χ2n) is 5.60. The van der Waals surface area contributed by atoms with Crippen LogP contribution in [0.3, 0.4) is 0 Å². The van der Waals surface area contributed by atoms with E-state index in [9.17, 15) is 14.0 Å². The molecule has 25 heavy (non-hydrogen) atoms. The summed E-state index contributed by atoms with van der Waals surface area (Å²) in [4.78, 5) is 23.6. The molecule has 0 radical (unpaired) electrons. The van der Waals surface area contributed by atoms with E-state index in [2.05, 4.69) is 10.6 Å². The molecule has 0 aliphatic rings. The standard InChI is InChI=1S/C19H20ClFN2O2/c20-16-8-6-15(7-9-16)19(25)23-11-2-5-18(24)22-12-10-14-3-1-4-17(21)13-14/h1,3-4,6-9,13H,2,5,10-12H2,(H,22,24)(H,23,25). The Morgan fingerprint density at radius 1 is 1.00 bits per heavy atom. The molecule has 4 nitrogen and oxygen atoms in total. The van der Waals surface area contributed by atoms with E-state index in [1.807, 2.05) is 6.07 Å². The van der Waals surface area contributed by atoms with Crippen molar-refractivity contribution >= 4 is 23.4 Å². The summed E-state index contributed by atoms with van der Waals surface area (Å²) in [5.74, 6) is -0.555. The molecule has 0 aliphatic carbocycles. The molecule has 2 N–H and O–H groups in total. The Morgan fingerprint density at radius 2 is 1.76 bits per heavy atom. The van der Waals surface area contributed by atoms with Gasteiger partial charge in [0.25, 0.3) is 5.91 Å². The molecule has 0 saturated carbocycles. The predicted molar refractivity (Wildman–Crippen MR) is 96.1 cm³/mol. The van der Waals surface area contributed by atoms with Crippen LogP contribution in [-0.2, 0) is 11.2 Å². The van der Waals surface area contributed by atoms with Gasteiger partial charge in [-0.3, -0.25) is 9.59 Å². The second-order valence-corrected chi connectivity index (χ2v) is 6.03. The summed E-state index contributed by atoms with van der Waals surface area (Å²) in [5, 5.41) is 6.12. The molecule has 2 aromatic rings. The van der Waals surface area contributed by atoms with Crippen molar-refractivity contribution in [1.29, 1.82) is 0 Å². The summed E-state index contributed by atoms with van der Waals surface area (Å²) in [6, 6.07) is 12.9. The third-order valence-corrected chi connectivity index (χ3v) is 3.85. The lowest BCUT2D eigenvalue weighted by Crippen LogP contribution is -2.28. The number of benzene rings is 2. The molecule has 2 rings (SSSR count). The zero-order valence-corrected chi connectivity index (χ0v) is 14.5. The summed E-state index contributed by atoms with van der Waals surface area (Å²) < 4.78 is 13.0. The SMILES string of the molecule is O=C(CCCNC(=O)c1ccc(Cl)cc1)NCCc1cccc(F)c1. The summed E-state index contributed by atoms with van der Waals surface area (Å²) in [7, 11) is 0. The van der Waals surface area contributed by atoms with Crippen molar-refractivity contribution in [2.45, 2.75) is 19.3 Å². The van der Waals surface area contributed by atoms with Crippen LogP contribution in [0.15, 0.2) is 48.5 Å². The van der Waals surface area contributed by atoms with Gasteiger partial charge in [-0.05, 0) is 54.8 Å². The van der Waals surface area contributed by atoms with Crippen LogP contribution in [0, 0.1) is 5.82 Å². The zero-order chi connectivity index (χ0) is 18.1. The Hall–Kier alpha value is -2.40. The third kappa shape index (κ3) is 6.93. The minimum absolute atomic E-state index is 0.0860. The van der Waals surface area contributed by atoms with Crippen molar-refractivity contribution in [3.63, 3.8) is 0 Å². The molecule has 0 aliphatic heterocycles. The molecule has 0 unspecified atom stereocenters. The maximum atomic E-state index is 13.0. The lowest BCUT2D eigenvalue weighted by molar-refractivity contribution is -0.121. The monoisotopic (exact) mass is 362 g/mol. The number of carbonyl (C=O) groups excluding carboxylic acids is 2. The number of hydrogen-bond acceptors (Lipinski definition) is 2. The van der Waals surface area contributed by atoms with Gasteiger partial charge in [0.05, 0.1) is 0 Å². The molecule has 0 atom stereocenters. The van der Waals surface area contributed by atoms with Crippen LogP contribution in [0.1, 0.15) is 28.8 Å². The van der Waals surface area contributed by atoms with Crippen LogP contribution in [0.25, 0.3) is 0 Å². The van der Waals surface area contributed by atoms with Crippen molar-refractivity contribution in [1.82, 2.24) is 10.6 Å². The number of rotatable bonds is 8. The summed E-state index contributed by atoms with van der Waals surface area (Å²) >= 11 is 5.77. The molecule has 2 amide bonds. The number of amides is 2. The molecule has 0 bridgehead atoms. The van der Waals surface area contributed by atoms with E-state index in [0.29, 0.717) is 42.9 Å². The number of halogens is 2. The van der Waals surface area contributed by atoms with Crippen molar-refractivity contribution in [3.8, 4) is 0 Å². The molecule has 0 saturated heterocycles. The van der Waals surface area contributed by atoms with Crippen LogP contribution in [-0.4, -0.2) is 24.9 Å². The smallest absolute Gasteiger partial charge is 0.251 e. The molecule has 0 aromatic heterocycles. The average molecular weight is 363 g/mol. The fourth-order valence-electron chi connectivity index (χ4n) is 2.28. The van der Waals surface area contributed by atoms with Crippen LogP contribution < -0.4 is 10.6 Å². The first-order valence-electron chi connectivity index (χ1n) is 8.09. The highest BCUT2D eigenvalue weighted by Gasteiger charge is 2.06. The van der Waals surface area contributed by atoms with Crippen LogP contribution in [0.5, 0.6) is 0 Å². The topological polar surface area (TPSA) is 58.2 Å². The van der Waals surface area contributed by atoms with Gasteiger partial charge < -0.3 is 10.6 Å². The molecule has 6 heteroatoms. The first kappa shape index (κ1) is 18.9. The Bertz CT molecular complexity index is 720. The lowest BCUT2D eigenvalue weighted by Gasteiger charge is -2.07. The highest BCUT2D eigenvalue weighted by Crippen LogP contribution is 2.09. The van der Waals surface area contributed by atoms with E-state index in [-0.39, 0.29) is 17.6 Å². The van der Waals surface area contributed by atoms with Crippen molar-refractivity contribution in [3.05, 3.63) is 70.5 Å². The van der Waals surface area contributed by atoms with Crippen molar-refractivity contribution in [2.75, 3.05) is 13.1 Å². The quantitative estimate of drug-likeness (QED) is 0.707. The maximum Gasteiger partial charge on any atom is 0.251 e. The molecule has 0 spiro atoms. The van der Waals surface area contributed by atoms with Gasteiger partial charge in [-0.15, -0.1) is 0 Å². The predicted octanol–water partition coefficient (Wildman–Crippen LogP) is 3.35. The second kappa shape index (κ2) is 9.79.